The van der Waals surface area contributed by atoms with E-state index >= 15 is 0 Å². The molecular formula is C21H48N2. The Morgan fingerprint density at radius 2 is 1.30 bits per heavy atom. The first-order chi connectivity index (χ1) is 11.0. The molecule has 0 bridgehead atoms. The molecule has 2 aliphatic rings. The first-order valence-electron chi connectivity index (χ1n) is 10.4. The predicted molar refractivity (Wildman–Crippen MR) is 108 cm³/mol. The molecule has 2 rings (SSSR count). The van der Waals surface area contributed by atoms with Crippen LogP contribution in [0.25, 0.3) is 0 Å². The maximum Gasteiger partial charge on any atom is 0.0155 e. The van der Waals surface area contributed by atoms with Crippen molar-refractivity contribution in [1.29, 1.82) is 0 Å². The fourth-order valence-corrected chi connectivity index (χ4v) is 3.66. The van der Waals surface area contributed by atoms with Gasteiger partial charge in [0.05, 0.1) is 0 Å². The van der Waals surface area contributed by atoms with E-state index in [9.17, 15) is 0 Å². The van der Waals surface area contributed by atoms with Gasteiger partial charge in [-0.25, -0.2) is 0 Å². The van der Waals surface area contributed by atoms with Crippen molar-refractivity contribution < 1.29 is 0 Å². The molecule has 0 radical (unpaired) electrons. The molecule has 0 saturated carbocycles. The summed E-state index contributed by atoms with van der Waals surface area (Å²) in [5.41, 5.74) is 0.432. The monoisotopic (exact) mass is 328 g/mol. The van der Waals surface area contributed by atoms with Crippen molar-refractivity contribution in [2.24, 2.45) is 11.8 Å². The average molecular weight is 329 g/mol. The molecule has 1 unspecified atom stereocenters. The summed E-state index contributed by atoms with van der Waals surface area (Å²) in [6.45, 7) is 24.6. The van der Waals surface area contributed by atoms with Crippen molar-refractivity contribution in [1.82, 2.24) is 9.80 Å². The van der Waals surface area contributed by atoms with Crippen LogP contribution >= 0.6 is 0 Å². The van der Waals surface area contributed by atoms with Crippen molar-refractivity contribution in [3.63, 3.8) is 0 Å². The van der Waals surface area contributed by atoms with E-state index in [1.54, 1.807) is 0 Å². The van der Waals surface area contributed by atoms with E-state index in [-0.39, 0.29) is 0 Å². The van der Waals surface area contributed by atoms with Crippen LogP contribution in [0.2, 0.25) is 0 Å². The van der Waals surface area contributed by atoms with Gasteiger partial charge >= 0.3 is 0 Å². The molecule has 1 atom stereocenters. The molecule has 0 aromatic carbocycles. The Morgan fingerprint density at radius 1 is 0.826 bits per heavy atom. The lowest BCUT2D eigenvalue weighted by molar-refractivity contribution is 0.0277. The summed E-state index contributed by atoms with van der Waals surface area (Å²) in [7, 11) is 2.25. The van der Waals surface area contributed by atoms with Gasteiger partial charge in [0.15, 0.2) is 0 Å². The fraction of sp³-hybridized carbons (Fsp3) is 1.00. The van der Waals surface area contributed by atoms with Crippen LogP contribution in [-0.2, 0) is 0 Å². The second-order valence-corrected chi connectivity index (χ2v) is 7.10. The maximum absolute atomic E-state index is 2.77. The number of rotatable bonds is 2. The molecule has 2 fully saturated rings. The number of hydrogen-bond donors (Lipinski definition) is 0. The molecule has 2 heterocycles. The summed E-state index contributed by atoms with van der Waals surface area (Å²) in [6.07, 6.45) is 5.58. The van der Waals surface area contributed by atoms with Crippen molar-refractivity contribution >= 4 is 0 Å². The van der Waals surface area contributed by atoms with Crippen LogP contribution in [0.15, 0.2) is 0 Å². The zero-order chi connectivity index (χ0) is 18.5. The van der Waals surface area contributed by atoms with E-state index < -0.39 is 0 Å². The predicted octanol–water partition coefficient (Wildman–Crippen LogP) is 5.92. The second-order valence-electron chi connectivity index (χ2n) is 7.10. The number of likely N-dealkylation sites (tertiary alicyclic amines) is 2. The van der Waals surface area contributed by atoms with E-state index in [4.69, 9.17) is 0 Å². The van der Waals surface area contributed by atoms with Crippen LogP contribution in [0.4, 0.5) is 0 Å². The first kappa shape index (κ1) is 25.2. The SMILES string of the molecule is CC.CC.CC.CC1CCN(CC2CCN(C)CC2)C(C)(C)C1. The fourth-order valence-electron chi connectivity index (χ4n) is 3.66. The van der Waals surface area contributed by atoms with Gasteiger partial charge in [-0.1, -0.05) is 48.5 Å². The highest BCUT2D eigenvalue weighted by atomic mass is 15.2. The summed E-state index contributed by atoms with van der Waals surface area (Å²) in [4.78, 5) is 5.24. The average Bonchev–Trinajstić information content (AvgIpc) is 2.57. The summed E-state index contributed by atoms with van der Waals surface area (Å²) < 4.78 is 0. The lowest BCUT2D eigenvalue weighted by Crippen LogP contribution is -2.52. The van der Waals surface area contributed by atoms with E-state index in [1.165, 1.54) is 51.9 Å². The quantitative estimate of drug-likeness (QED) is 0.621. The molecule has 2 saturated heterocycles. The van der Waals surface area contributed by atoms with Crippen molar-refractivity contribution in [2.45, 2.75) is 93.5 Å². The molecule has 2 aliphatic heterocycles. The van der Waals surface area contributed by atoms with E-state index in [0.29, 0.717) is 5.54 Å². The summed E-state index contributed by atoms with van der Waals surface area (Å²) in [5, 5.41) is 0. The highest BCUT2D eigenvalue weighted by Crippen LogP contribution is 2.32. The molecule has 0 spiro atoms. The third kappa shape index (κ3) is 9.72. The van der Waals surface area contributed by atoms with Gasteiger partial charge in [-0.3, -0.25) is 4.90 Å². The molecule has 0 aromatic rings. The minimum Gasteiger partial charge on any atom is -0.306 e. The Labute approximate surface area is 149 Å². The van der Waals surface area contributed by atoms with Crippen molar-refractivity contribution in [3.8, 4) is 0 Å². The summed E-state index contributed by atoms with van der Waals surface area (Å²) in [6, 6.07) is 0. The highest BCUT2D eigenvalue weighted by Gasteiger charge is 2.34. The Balaban J connectivity index is 0. The molecule has 0 N–H and O–H groups in total. The molecule has 2 heteroatoms. The number of nitrogens with zero attached hydrogens (tertiary/aromatic N) is 2. The van der Waals surface area contributed by atoms with E-state index in [2.05, 4.69) is 37.6 Å². The zero-order valence-electron chi connectivity index (χ0n) is 18.2. The second kappa shape index (κ2) is 14.3. The molecule has 142 valence electrons. The zero-order valence-corrected chi connectivity index (χ0v) is 18.2. The van der Waals surface area contributed by atoms with Crippen LogP contribution in [-0.4, -0.2) is 48.6 Å². The molecule has 23 heavy (non-hydrogen) atoms. The molecule has 0 aliphatic carbocycles. The lowest BCUT2D eigenvalue weighted by Gasteiger charge is -2.47. The minimum atomic E-state index is 0.432. The standard InChI is InChI=1S/C15H30N2.3C2H6/c1-13-5-10-17(15(2,3)11-13)12-14-6-8-16(4)9-7-14;3*1-2/h13-14H,5-12H2,1-4H3;3*1-2H3. The Bertz CT molecular complexity index is 242. The number of hydrogen-bond acceptors (Lipinski definition) is 2. The van der Waals surface area contributed by atoms with E-state index in [1.807, 2.05) is 41.5 Å². The lowest BCUT2D eigenvalue weighted by atomic mass is 9.82. The Morgan fingerprint density at radius 3 is 1.74 bits per heavy atom. The van der Waals surface area contributed by atoms with E-state index in [0.717, 1.165) is 11.8 Å². The van der Waals surface area contributed by atoms with Crippen LogP contribution in [0.1, 0.15) is 88.0 Å². The van der Waals surface area contributed by atoms with Gasteiger partial charge in [0.25, 0.3) is 0 Å². The van der Waals surface area contributed by atoms with Gasteiger partial charge in [0.2, 0.25) is 0 Å². The van der Waals surface area contributed by atoms with Crippen molar-refractivity contribution in [3.05, 3.63) is 0 Å². The highest BCUT2D eigenvalue weighted by molar-refractivity contribution is 4.89. The molecular weight excluding hydrogens is 280 g/mol. The molecule has 2 nitrogen and oxygen atoms in total. The largest absolute Gasteiger partial charge is 0.306 e. The van der Waals surface area contributed by atoms with Crippen LogP contribution in [0.5, 0.6) is 0 Å². The molecule has 0 aromatic heterocycles. The normalized spacial score (nSPS) is 25.0. The third-order valence-corrected chi connectivity index (χ3v) is 4.91. The van der Waals surface area contributed by atoms with Crippen LogP contribution < -0.4 is 0 Å². The smallest absolute Gasteiger partial charge is 0.0155 e. The van der Waals surface area contributed by atoms with Gasteiger partial charge in [-0.05, 0) is 78.0 Å². The Kier molecular flexibility index (Phi) is 15.6. The third-order valence-electron chi connectivity index (χ3n) is 4.91. The van der Waals surface area contributed by atoms with Crippen LogP contribution in [0, 0.1) is 11.8 Å². The molecule has 0 amide bonds. The topological polar surface area (TPSA) is 6.48 Å². The van der Waals surface area contributed by atoms with Crippen molar-refractivity contribution in [2.75, 3.05) is 33.2 Å². The van der Waals surface area contributed by atoms with Gasteiger partial charge in [-0.2, -0.15) is 0 Å². The van der Waals surface area contributed by atoms with Gasteiger partial charge in [-0.15, -0.1) is 0 Å². The first-order valence-corrected chi connectivity index (χ1v) is 10.4. The summed E-state index contributed by atoms with van der Waals surface area (Å²) in [5.74, 6) is 1.86. The number of piperidine rings is 2. The van der Waals surface area contributed by atoms with Gasteiger partial charge in [0.1, 0.15) is 0 Å². The summed E-state index contributed by atoms with van der Waals surface area (Å²) >= 11 is 0. The van der Waals surface area contributed by atoms with Gasteiger partial charge < -0.3 is 4.90 Å². The minimum absolute atomic E-state index is 0.432. The van der Waals surface area contributed by atoms with Crippen LogP contribution in [0.3, 0.4) is 0 Å². The maximum atomic E-state index is 2.77. The van der Waals surface area contributed by atoms with Gasteiger partial charge in [0, 0.05) is 12.1 Å². The Hall–Kier alpha value is -0.0800.